The van der Waals surface area contributed by atoms with Crippen molar-refractivity contribution >= 4 is 23.5 Å². The molecule has 0 aliphatic heterocycles. The average Bonchev–Trinajstić information content (AvgIpc) is 2.25. The van der Waals surface area contributed by atoms with Gasteiger partial charge in [0.15, 0.2) is 0 Å². The Kier molecular flexibility index (Phi) is 6.11. The second kappa shape index (κ2) is 7.37. The highest BCUT2D eigenvalue weighted by Crippen LogP contribution is 2.12. The maximum Gasteiger partial charge on any atom is 0.224 e. The molecule has 0 amide bonds. The lowest BCUT2D eigenvalue weighted by atomic mass is 10.3. The van der Waals surface area contributed by atoms with Crippen molar-refractivity contribution in [2.75, 3.05) is 29.2 Å². The SMILES string of the molecule is CCCNc1nc(C)cc(NC(C)CSC)n1. The minimum Gasteiger partial charge on any atom is -0.367 e. The number of thioether (sulfide) groups is 1. The van der Waals surface area contributed by atoms with Gasteiger partial charge in [-0.2, -0.15) is 16.7 Å². The van der Waals surface area contributed by atoms with E-state index < -0.39 is 0 Å². The first-order valence-corrected chi connectivity index (χ1v) is 7.40. The molecule has 0 aromatic carbocycles. The first-order valence-electron chi connectivity index (χ1n) is 6.00. The van der Waals surface area contributed by atoms with Crippen molar-refractivity contribution in [1.82, 2.24) is 9.97 Å². The van der Waals surface area contributed by atoms with Gasteiger partial charge in [-0.3, -0.25) is 0 Å². The lowest BCUT2D eigenvalue weighted by Crippen LogP contribution is -2.19. The number of anilines is 2. The van der Waals surface area contributed by atoms with Crippen LogP contribution >= 0.6 is 11.8 Å². The van der Waals surface area contributed by atoms with Crippen LogP contribution < -0.4 is 10.6 Å². The van der Waals surface area contributed by atoms with Gasteiger partial charge in [0.1, 0.15) is 5.82 Å². The molecule has 17 heavy (non-hydrogen) atoms. The van der Waals surface area contributed by atoms with Gasteiger partial charge in [-0.15, -0.1) is 0 Å². The van der Waals surface area contributed by atoms with Crippen molar-refractivity contribution in [3.8, 4) is 0 Å². The normalized spacial score (nSPS) is 12.2. The van der Waals surface area contributed by atoms with Gasteiger partial charge in [0.05, 0.1) is 0 Å². The van der Waals surface area contributed by atoms with Crippen molar-refractivity contribution in [2.24, 2.45) is 0 Å². The minimum absolute atomic E-state index is 0.415. The second-order valence-corrected chi connectivity index (χ2v) is 5.06. The molecule has 0 fully saturated rings. The summed E-state index contributed by atoms with van der Waals surface area (Å²) in [6.45, 7) is 7.18. The van der Waals surface area contributed by atoms with Crippen LogP contribution in [0, 0.1) is 6.92 Å². The number of nitrogens with zero attached hydrogens (tertiary/aromatic N) is 2. The van der Waals surface area contributed by atoms with Gasteiger partial charge in [-0.25, -0.2) is 4.98 Å². The molecule has 0 spiro atoms. The van der Waals surface area contributed by atoms with E-state index in [-0.39, 0.29) is 0 Å². The van der Waals surface area contributed by atoms with Gasteiger partial charge in [0, 0.05) is 30.1 Å². The topological polar surface area (TPSA) is 49.8 Å². The van der Waals surface area contributed by atoms with E-state index in [0.29, 0.717) is 12.0 Å². The number of aryl methyl sites for hydroxylation is 1. The molecule has 4 nitrogen and oxygen atoms in total. The highest BCUT2D eigenvalue weighted by molar-refractivity contribution is 7.98. The molecule has 0 bridgehead atoms. The van der Waals surface area contributed by atoms with E-state index in [1.54, 1.807) is 0 Å². The van der Waals surface area contributed by atoms with Crippen LogP contribution in [0.15, 0.2) is 6.07 Å². The summed E-state index contributed by atoms with van der Waals surface area (Å²) < 4.78 is 0. The Hall–Kier alpha value is -0.970. The smallest absolute Gasteiger partial charge is 0.224 e. The molecule has 0 aliphatic rings. The summed E-state index contributed by atoms with van der Waals surface area (Å²) in [4.78, 5) is 8.81. The zero-order valence-corrected chi connectivity index (χ0v) is 11.9. The fraction of sp³-hybridized carbons (Fsp3) is 0.667. The Morgan fingerprint density at radius 3 is 2.82 bits per heavy atom. The quantitative estimate of drug-likeness (QED) is 0.783. The Morgan fingerprint density at radius 2 is 2.18 bits per heavy atom. The van der Waals surface area contributed by atoms with E-state index in [4.69, 9.17) is 0 Å². The summed E-state index contributed by atoms with van der Waals surface area (Å²) in [5.41, 5.74) is 0.984. The summed E-state index contributed by atoms with van der Waals surface area (Å²) in [7, 11) is 0. The van der Waals surface area contributed by atoms with Gasteiger partial charge in [0.2, 0.25) is 5.95 Å². The van der Waals surface area contributed by atoms with Crippen LogP contribution in [-0.4, -0.2) is 34.6 Å². The Balaban J connectivity index is 2.67. The van der Waals surface area contributed by atoms with Crippen LogP contribution in [0.1, 0.15) is 26.0 Å². The maximum absolute atomic E-state index is 4.45. The van der Waals surface area contributed by atoms with E-state index in [0.717, 1.165) is 30.2 Å². The minimum atomic E-state index is 0.415. The molecule has 1 atom stereocenters. The number of aromatic nitrogens is 2. The third kappa shape index (κ3) is 5.26. The molecule has 0 aliphatic carbocycles. The zero-order chi connectivity index (χ0) is 12.7. The Labute approximate surface area is 108 Å². The van der Waals surface area contributed by atoms with E-state index in [9.17, 15) is 0 Å². The lowest BCUT2D eigenvalue weighted by Gasteiger charge is -2.14. The molecule has 2 N–H and O–H groups in total. The molecule has 1 rings (SSSR count). The van der Waals surface area contributed by atoms with Gasteiger partial charge in [-0.1, -0.05) is 6.92 Å². The number of rotatable bonds is 7. The first kappa shape index (κ1) is 14.1. The van der Waals surface area contributed by atoms with Crippen molar-refractivity contribution < 1.29 is 0 Å². The molecule has 1 heterocycles. The number of hydrogen-bond donors (Lipinski definition) is 2. The summed E-state index contributed by atoms with van der Waals surface area (Å²) in [5, 5.41) is 6.60. The predicted octanol–water partition coefficient (Wildman–Crippen LogP) is 2.77. The van der Waals surface area contributed by atoms with Crippen LogP contribution in [0.5, 0.6) is 0 Å². The standard InChI is InChI=1S/C12H22N4S/c1-5-6-13-12-15-9(2)7-11(16-12)14-10(3)8-17-4/h7,10H,5-6,8H2,1-4H3,(H2,13,14,15,16). The van der Waals surface area contributed by atoms with Crippen molar-refractivity contribution in [2.45, 2.75) is 33.2 Å². The predicted molar refractivity (Wildman–Crippen MR) is 77.0 cm³/mol. The van der Waals surface area contributed by atoms with Gasteiger partial charge >= 0.3 is 0 Å². The first-order chi connectivity index (χ1) is 8.15. The van der Waals surface area contributed by atoms with Crippen molar-refractivity contribution in [1.29, 1.82) is 0 Å². The van der Waals surface area contributed by atoms with E-state index in [1.165, 1.54) is 0 Å². The Morgan fingerprint density at radius 1 is 1.41 bits per heavy atom. The maximum atomic E-state index is 4.45. The highest BCUT2D eigenvalue weighted by atomic mass is 32.2. The fourth-order valence-corrected chi connectivity index (χ4v) is 2.09. The molecular formula is C12H22N4S. The summed E-state index contributed by atoms with van der Waals surface area (Å²) in [6.07, 6.45) is 3.18. The second-order valence-electron chi connectivity index (χ2n) is 4.15. The van der Waals surface area contributed by atoms with Crippen molar-refractivity contribution in [3.63, 3.8) is 0 Å². The Bertz CT molecular complexity index is 343. The third-order valence-corrected chi connectivity index (χ3v) is 3.03. The van der Waals surface area contributed by atoms with E-state index in [1.807, 2.05) is 24.8 Å². The van der Waals surface area contributed by atoms with Crippen LogP contribution in [0.3, 0.4) is 0 Å². The van der Waals surface area contributed by atoms with Gasteiger partial charge < -0.3 is 10.6 Å². The summed E-state index contributed by atoms with van der Waals surface area (Å²) in [6, 6.07) is 2.40. The molecular weight excluding hydrogens is 232 g/mol. The number of nitrogens with one attached hydrogen (secondary N) is 2. The molecule has 1 unspecified atom stereocenters. The van der Waals surface area contributed by atoms with Gasteiger partial charge in [-0.05, 0) is 26.5 Å². The molecule has 1 aromatic heterocycles. The average molecular weight is 254 g/mol. The fourth-order valence-electron chi connectivity index (χ4n) is 1.50. The van der Waals surface area contributed by atoms with Crippen molar-refractivity contribution in [3.05, 3.63) is 11.8 Å². The molecule has 96 valence electrons. The van der Waals surface area contributed by atoms with Crippen LogP contribution in [0.2, 0.25) is 0 Å². The third-order valence-electron chi connectivity index (χ3n) is 2.20. The van der Waals surface area contributed by atoms with E-state index >= 15 is 0 Å². The highest BCUT2D eigenvalue weighted by Gasteiger charge is 2.05. The molecule has 0 radical (unpaired) electrons. The largest absolute Gasteiger partial charge is 0.367 e. The molecule has 0 saturated carbocycles. The number of hydrogen-bond acceptors (Lipinski definition) is 5. The lowest BCUT2D eigenvalue weighted by molar-refractivity contribution is 0.892. The van der Waals surface area contributed by atoms with E-state index in [2.05, 4.69) is 40.7 Å². The zero-order valence-electron chi connectivity index (χ0n) is 11.1. The summed E-state index contributed by atoms with van der Waals surface area (Å²) >= 11 is 1.83. The summed E-state index contributed by atoms with van der Waals surface area (Å²) in [5.74, 6) is 2.68. The molecule has 0 saturated heterocycles. The van der Waals surface area contributed by atoms with Crippen LogP contribution in [-0.2, 0) is 0 Å². The van der Waals surface area contributed by atoms with Crippen LogP contribution in [0.4, 0.5) is 11.8 Å². The monoisotopic (exact) mass is 254 g/mol. The van der Waals surface area contributed by atoms with Gasteiger partial charge in [0.25, 0.3) is 0 Å². The van der Waals surface area contributed by atoms with Crippen LogP contribution in [0.25, 0.3) is 0 Å². The molecule has 1 aromatic rings. The molecule has 5 heteroatoms.